The van der Waals surface area contributed by atoms with Crippen molar-refractivity contribution in [3.63, 3.8) is 0 Å². The van der Waals surface area contributed by atoms with E-state index in [1.807, 2.05) is 44.1 Å². The van der Waals surface area contributed by atoms with Crippen molar-refractivity contribution >= 4 is 28.1 Å². The summed E-state index contributed by atoms with van der Waals surface area (Å²) in [4.78, 5) is 25.0. The molecule has 0 N–H and O–H groups in total. The fraction of sp³-hybridized carbons (Fsp3) is 0.450. The SMILES string of the molecule is Cc1nnc(-c2ccc3cnc(CC(=O)N4CC[C@H](N(C)C)[C@@H](F)C4)nc3c2)s1. The third-order valence-electron chi connectivity index (χ3n) is 5.24. The lowest BCUT2D eigenvalue weighted by Gasteiger charge is -2.37. The first-order valence-electron chi connectivity index (χ1n) is 9.55. The summed E-state index contributed by atoms with van der Waals surface area (Å²) in [5.74, 6) is 0.304. The third kappa shape index (κ3) is 4.25. The van der Waals surface area contributed by atoms with Crippen LogP contribution in [0.15, 0.2) is 24.4 Å². The molecule has 2 atom stereocenters. The molecule has 0 saturated carbocycles. The molecule has 1 aliphatic rings. The molecule has 3 heterocycles. The molecule has 7 nitrogen and oxygen atoms in total. The average Bonchev–Trinajstić information content (AvgIpc) is 3.13. The maximum atomic E-state index is 14.4. The Kier molecular flexibility index (Phi) is 5.51. The van der Waals surface area contributed by atoms with Gasteiger partial charge in [0.1, 0.15) is 22.0 Å². The number of halogens is 1. The lowest BCUT2D eigenvalue weighted by molar-refractivity contribution is -0.133. The van der Waals surface area contributed by atoms with Gasteiger partial charge >= 0.3 is 0 Å². The van der Waals surface area contributed by atoms with Gasteiger partial charge in [0.05, 0.1) is 18.5 Å². The highest BCUT2D eigenvalue weighted by Crippen LogP contribution is 2.26. The molecule has 1 aliphatic heterocycles. The van der Waals surface area contributed by atoms with E-state index in [1.165, 1.54) is 11.3 Å². The lowest BCUT2D eigenvalue weighted by atomic mass is 10.0. The van der Waals surface area contributed by atoms with Gasteiger partial charge in [-0.05, 0) is 33.5 Å². The van der Waals surface area contributed by atoms with Crippen molar-refractivity contribution < 1.29 is 9.18 Å². The molecule has 1 amide bonds. The number of benzene rings is 1. The molecule has 3 aromatic rings. The minimum atomic E-state index is -1.04. The summed E-state index contributed by atoms with van der Waals surface area (Å²) in [6.07, 6.45) is 1.37. The number of fused-ring (bicyclic) bond motifs is 1. The summed E-state index contributed by atoms with van der Waals surface area (Å²) >= 11 is 1.52. The predicted octanol–water partition coefficient (Wildman–Crippen LogP) is 2.50. The van der Waals surface area contributed by atoms with E-state index in [0.717, 1.165) is 26.5 Å². The standard InChI is InChI=1S/C20H23FN6OS/c1-12-24-25-20(29-12)13-4-5-14-10-22-18(23-16(14)8-13)9-19(28)27-7-6-17(26(2)3)15(21)11-27/h4-5,8,10,15,17H,6-7,9,11H2,1-3H3/t15-,17-/m0/s1. The van der Waals surface area contributed by atoms with E-state index in [9.17, 15) is 9.18 Å². The maximum absolute atomic E-state index is 14.4. The van der Waals surface area contributed by atoms with Gasteiger partial charge in [-0.1, -0.05) is 23.5 Å². The van der Waals surface area contributed by atoms with Gasteiger partial charge in [0.25, 0.3) is 0 Å². The topological polar surface area (TPSA) is 75.1 Å². The molecule has 1 fully saturated rings. The minimum Gasteiger partial charge on any atom is -0.339 e. The number of hydrogen-bond donors (Lipinski definition) is 0. The fourth-order valence-corrected chi connectivity index (χ4v) is 4.33. The summed E-state index contributed by atoms with van der Waals surface area (Å²) in [5, 5.41) is 10.9. The van der Waals surface area contributed by atoms with Gasteiger partial charge in [0, 0.05) is 29.7 Å². The molecule has 0 radical (unpaired) electrons. The minimum absolute atomic E-state index is 0.0669. The van der Waals surface area contributed by atoms with Crippen LogP contribution in [0.3, 0.4) is 0 Å². The highest BCUT2D eigenvalue weighted by atomic mass is 32.1. The Morgan fingerprint density at radius 2 is 2.17 bits per heavy atom. The van der Waals surface area contributed by atoms with Crippen molar-refractivity contribution in [2.24, 2.45) is 0 Å². The molecule has 0 unspecified atom stereocenters. The first-order valence-corrected chi connectivity index (χ1v) is 10.4. The molecule has 1 saturated heterocycles. The van der Waals surface area contributed by atoms with Crippen molar-refractivity contribution in [2.45, 2.75) is 32.0 Å². The van der Waals surface area contributed by atoms with Crippen LogP contribution in [0.2, 0.25) is 0 Å². The molecule has 0 bridgehead atoms. The van der Waals surface area contributed by atoms with E-state index in [4.69, 9.17) is 0 Å². The number of likely N-dealkylation sites (tertiary alicyclic amines) is 1. The van der Waals surface area contributed by atoms with Gasteiger partial charge in [-0.25, -0.2) is 14.4 Å². The third-order valence-corrected chi connectivity index (χ3v) is 6.13. The smallest absolute Gasteiger partial charge is 0.230 e. The van der Waals surface area contributed by atoms with E-state index in [-0.39, 0.29) is 24.9 Å². The monoisotopic (exact) mass is 414 g/mol. The average molecular weight is 415 g/mol. The van der Waals surface area contributed by atoms with Crippen molar-refractivity contribution in [2.75, 3.05) is 27.2 Å². The van der Waals surface area contributed by atoms with Crippen molar-refractivity contribution in [1.82, 2.24) is 30.0 Å². The summed E-state index contributed by atoms with van der Waals surface area (Å²) in [5.41, 5.74) is 1.69. The van der Waals surface area contributed by atoms with Gasteiger partial charge in [0.2, 0.25) is 5.91 Å². The molecule has 0 aliphatic carbocycles. The van der Waals surface area contributed by atoms with E-state index in [0.29, 0.717) is 18.8 Å². The summed E-state index contributed by atoms with van der Waals surface area (Å²) in [6.45, 7) is 2.59. The highest BCUT2D eigenvalue weighted by molar-refractivity contribution is 7.14. The van der Waals surface area contributed by atoms with Crippen LogP contribution in [0.4, 0.5) is 4.39 Å². The number of hydrogen-bond acceptors (Lipinski definition) is 7. The van der Waals surface area contributed by atoms with Crippen LogP contribution in [0.5, 0.6) is 0 Å². The van der Waals surface area contributed by atoms with Crippen LogP contribution in [0, 0.1) is 6.92 Å². The van der Waals surface area contributed by atoms with E-state index in [2.05, 4.69) is 20.2 Å². The fourth-order valence-electron chi connectivity index (χ4n) is 3.64. The van der Waals surface area contributed by atoms with Crippen LogP contribution in [-0.4, -0.2) is 75.3 Å². The number of nitrogens with zero attached hydrogens (tertiary/aromatic N) is 6. The molecule has 1 aromatic carbocycles. The van der Waals surface area contributed by atoms with Gasteiger partial charge in [-0.15, -0.1) is 10.2 Å². The number of amides is 1. The number of aromatic nitrogens is 4. The van der Waals surface area contributed by atoms with Crippen molar-refractivity contribution in [1.29, 1.82) is 0 Å². The molecular formula is C20H23FN6OS. The van der Waals surface area contributed by atoms with Crippen LogP contribution < -0.4 is 0 Å². The molecular weight excluding hydrogens is 391 g/mol. The zero-order chi connectivity index (χ0) is 20.5. The van der Waals surface area contributed by atoms with Gasteiger partial charge in [-0.2, -0.15) is 0 Å². The molecule has 152 valence electrons. The Hall–Kier alpha value is -2.52. The number of carbonyl (C=O) groups excluding carboxylic acids is 1. The zero-order valence-electron chi connectivity index (χ0n) is 16.7. The molecule has 2 aromatic heterocycles. The predicted molar refractivity (Wildman–Crippen MR) is 110 cm³/mol. The Balaban J connectivity index is 1.50. The number of alkyl halides is 1. The molecule has 29 heavy (non-hydrogen) atoms. The van der Waals surface area contributed by atoms with E-state index < -0.39 is 6.17 Å². The summed E-state index contributed by atoms with van der Waals surface area (Å²) < 4.78 is 14.4. The van der Waals surface area contributed by atoms with E-state index in [1.54, 1.807) is 11.1 Å². The number of rotatable bonds is 4. The molecule has 9 heteroatoms. The maximum Gasteiger partial charge on any atom is 0.230 e. The lowest BCUT2D eigenvalue weighted by Crippen LogP contribution is -2.52. The van der Waals surface area contributed by atoms with Crippen LogP contribution in [0.25, 0.3) is 21.5 Å². The zero-order valence-corrected chi connectivity index (χ0v) is 17.5. The second kappa shape index (κ2) is 8.08. The van der Waals surface area contributed by atoms with Crippen molar-refractivity contribution in [3.05, 3.63) is 35.2 Å². The number of piperidine rings is 1. The summed E-state index contributed by atoms with van der Waals surface area (Å²) in [7, 11) is 3.74. The van der Waals surface area contributed by atoms with Crippen LogP contribution in [0.1, 0.15) is 17.3 Å². The quantitative estimate of drug-likeness (QED) is 0.653. The number of aryl methyl sites for hydroxylation is 1. The Morgan fingerprint density at radius 3 is 2.86 bits per heavy atom. The Labute approximate surface area is 172 Å². The Morgan fingerprint density at radius 1 is 1.34 bits per heavy atom. The number of carbonyl (C=O) groups is 1. The highest BCUT2D eigenvalue weighted by Gasteiger charge is 2.32. The second-order valence-electron chi connectivity index (χ2n) is 7.54. The van der Waals surface area contributed by atoms with E-state index >= 15 is 0 Å². The van der Waals surface area contributed by atoms with Gasteiger partial charge in [0.15, 0.2) is 0 Å². The molecule has 0 spiro atoms. The summed E-state index contributed by atoms with van der Waals surface area (Å²) in [6, 6.07) is 5.70. The first kappa shape index (κ1) is 19.8. The van der Waals surface area contributed by atoms with Crippen LogP contribution in [-0.2, 0) is 11.2 Å². The largest absolute Gasteiger partial charge is 0.339 e. The van der Waals surface area contributed by atoms with Crippen LogP contribution >= 0.6 is 11.3 Å². The second-order valence-corrected chi connectivity index (χ2v) is 8.72. The Bertz CT molecular complexity index is 1040. The normalized spacial score (nSPS) is 19.8. The molecule has 4 rings (SSSR count). The van der Waals surface area contributed by atoms with Gasteiger partial charge in [-0.3, -0.25) is 4.79 Å². The first-order chi connectivity index (χ1) is 13.9. The van der Waals surface area contributed by atoms with Gasteiger partial charge < -0.3 is 9.80 Å². The van der Waals surface area contributed by atoms with Crippen molar-refractivity contribution in [3.8, 4) is 10.6 Å².